The number of hydrogen-bond acceptors (Lipinski definition) is 7. The molecule has 0 saturated carbocycles. The molecule has 11 nitrogen and oxygen atoms in total. The van der Waals surface area contributed by atoms with Crippen molar-refractivity contribution in [2.75, 3.05) is 12.3 Å². The van der Waals surface area contributed by atoms with E-state index in [1.807, 2.05) is 32.0 Å². The first kappa shape index (κ1) is 30.2. The molecule has 6 N–H and O–H groups in total. The number of carbonyl (C=O) groups is 5. The third-order valence-electron chi connectivity index (χ3n) is 7.17. The van der Waals surface area contributed by atoms with Gasteiger partial charge in [0, 0.05) is 24.2 Å². The van der Waals surface area contributed by atoms with Crippen molar-refractivity contribution in [1.29, 1.82) is 0 Å². The second-order valence-electron chi connectivity index (χ2n) is 10.1. The summed E-state index contributed by atoms with van der Waals surface area (Å²) in [7, 11) is -1.82. The minimum atomic E-state index is -1.82. The summed E-state index contributed by atoms with van der Waals surface area (Å²) in [4.78, 5) is 63.2. The molecule has 0 spiro atoms. The Kier molecular flexibility index (Phi) is 10.1. The number of Topliss-reactive ketones (excluding diaryl/α,β-unsaturated/α-hetero) is 1. The summed E-state index contributed by atoms with van der Waals surface area (Å²) in [5, 5.41) is 17.1. The third-order valence-corrected chi connectivity index (χ3v) is 8.75. The van der Waals surface area contributed by atoms with Gasteiger partial charge in [0.1, 0.15) is 17.9 Å². The number of nitrogens with two attached hydrogens (primary N) is 1. The Balaban J connectivity index is 1.95. The normalized spacial score (nSPS) is 26.4. The van der Waals surface area contributed by atoms with Gasteiger partial charge in [-0.25, -0.2) is 4.79 Å². The van der Waals surface area contributed by atoms with Crippen LogP contribution in [0.3, 0.4) is 0 Å². The van der Waals surface area contributed by atoms with Gasteiger partial charge in [0.25, 0.3) is 0 Å². The molecule has 0 fully saturated rings. The number of carboxylic acid groups (broad SMARTS) is 1. The first-order chi connectivity index (χ1) is 18.4. The van der Waals surface area contributed by atoms with Gasteiger partial charge >= 0.3 is 5.97 Å². The number of fused-ring (bicyclic) bond motifs is 2. The van der Waals surface area contributed by atoms with Gasteiger partial charge in [-0.2, -0.15) is 0 Å². The fraction of sp³-hybridized carbons (Fsp3) is 0.519. The molecule has 12 heteroatoms. The van der Waals surface area contributed by atoms with Crippen LogP contribution in [0, 0.1) is 12.8 Å². The number of allylic oxidation sites excluding steroid dienone is 1. The molecule has 3 amide bonds. The van der Waals surface area contributed by atoms with Crippen LogP contribution in [0.4, 0.5) is 0 Å². The lowest BCUT2D eigenvalue weighted by atomic mass is 9.95. The van der Waals surface area contributed by atoms with Crippen LogP contribution in [0.15, 0.2) is 23.1 Å². The summed E-state index contributed by atoms with van der Waals surface area (Å²) in [6.07, 6.45) is 0.619. The minimum Gasteiger partial charge on any atom is -0.480 e. The molecule has 0 aromatic heterocycles. The number of benzene rings is 1. The molecule has 1 aliphatic heterocycles. The van der Waals surface area contributed by atoms with Crippen LogP contribution in [0.1, 0.15) is 56.2 Å². The van der Waals surface area contributed by atoms with E-state index in [2.05, 4.69) is 16.0 Å². The van der Waals surface area contributed by atoms with E-state index in [0.29, 0.717) is 23.3 Å². The maximum absolute atomic E-state index is 13.5. The number of hydrogen-bond donors (Lipinski definition) is 5. The van der Waals surface area contributed by atoms with Crippen molar-refractivity contribution in [2.45, 2.75) is 71.0 Å². The third kappa shape index (κ3) is 7.60. The van der Waals surface area contributed by atoms with Crippen LogP contribution in [0.5, 0.6) is 0 Å². The fourth-order valence-corrected chi connectivity index (χ4v) is 6.20. The predicted molar refractivity (Wildman–Crippen MR) is 146 cm³/mol. The monoisotopic (exact) mass is 560 g/mol. The average Bonchev–Trinajstić information content (AvgIpc) is 3.24. The topological polar surface area (TPSA) is 185 Å². The minimum absolute atomic E-state index is 0.0690. The molecule has 39 heavy (non-hydrogen) atoms. The quantitative estimate of drug-likeness (QED) is 0.350. The maximum atomic E-state index is 13.5. The highest BCUT2D eigenvalue weighted by Gasteiger charge is 2.32. The van der Waals surface area contributed by atoms with E-state index in [1.165, 1.54) is 0 Å². The zero-order valence-corrected chi connectivity index (χ0v) is 23.2. The number of ketones is 1. The number of aliphatic carboxylic acids is 1. The SMILES string of the molecule is CC[C@H](C)[C@@H]1NC(=O)CCC(=O)[C@@H](N)CC2=C(Cc3cc(C)ccc32)S(=O)C[C@@H](C(=O)O)NC(=O)CNC1=O. The standard InChI is InChI=1S/C27H36N4O7S/c1-4-15(3)25-26(35)29-12-24(34)30-20(27(36)37)13-39(38)22-10-16-9-14(2)5-6-17(16)18(22)11-19(28)21(32)7-8-23(33)31-25/h5-6,9,15,19-20,25H,4,7-8,10-13,28H2,1-3H3,(H,29,35)(H,30,34)(H,31,33)(H,36,37)/t15-,19-,20-,25-,39?/m0/s1. The highest BCUT2D eigenvalue weighted by Crippen LogP contribution is 2.38. The first-order valence-electron chi connectivity index (χ1n) is 13.0. The molecule has 1 aromatic carbocycles. The van der Waals surface area contributed by atoms with Crippen molar-refractivity contribution in [3.05, 3.63) is 39.8 Å². The van der Waals surface area contributed by atoms with Gasteiger partial charge in [-0.3, -0.25) is 23.4 Å². The molecule has 1 aliphatic carbocycles. The molecule has 3 rings (SSSR count). The number of nitrogens with one attached hydrogen (secondary N) is 3. The Bertz CT molecular complexity index is 1230. The van der Waals surface area contributed by atoms with Crippen molar-refractivity contribution in [2.24, 2.45) is 11.7 Å². The van der Waals surface area contributed by atoms with Gasteiger partial charge in [-0.05, 0) is 36.0 Å². The van der Waals surface area contributed by atoms with Crippen molar-refractivity contribution in [3.8, 4) is 0 Å². The highest BCUT2D eigenvalue weighted by molar-refractivity contribution is 7.89. The Morgan fingerprint density at radius 1 is 1.15 bits per heavy atom. The predicted octanol–water partition coefficient (Wildman–Crippen LogP) is 0.308. The van der Waals surface area contributed by atoms with Gasteiger partial charge in [-0.15, -0.1) is 0 Å². The molecule has 1 aromatic rings. The Morgan fingerprint density at radius 2 is 1.87 bits per heavy atom. The Morgan fingerprint density at radius 3 is 2.54 bits per heavy atom. The summed E-state index contributed by atoms with van der Waals surface area (Å²) in [5.41, 5.74) is 9.55. The number of aryl methyl sites for hydroxylation is 1. The molecule has 0 saturated heterocycles. The lowest BCUT2D eigenvalue weighted by Crippen LogP contribution is -2.53. The molecule has 0 bridgehead atoms. The molecule has 1 heterocycles. The lowest BCUT2D eigenvalue weighted by molar-refractivity contribution is -0.141. The van der Waals surface area contributed by atoms with E-state index in [4.69, 9.17) is 5.73 Å². The number of rotatable bonds is 3. The van der Waals surface area contributed by atoms with Gasteiger partial charge in [0.05, 0.1) is 29.1 Å². The summed E-state index contributed by atoms with van der Waals surface area (Å²) in [5.74, 6) is -4.28. The summed E-state index contributed by atoms with van der Waals surface area (Å²) >= 11 is 0. The van der Waals surface area contributed by atoms with Crippen LogP contribution < -0.4 is 21.7 Å². The molecular weight excluding hydrogens is 524 g/mol. The van der Waals surface area contributed by atoms with Gasteiger partial charge in [0.2, 0.25) is 17.7 Å². The van der Waals surface area contributed by atoms with E-state index < -0.39 is 64.9 Å². The second kappa shape index (κ2) is 13.1. The largest absolute Gasteiger partial charge is 0.480 e. The highest BCUT2D eigenvalue weighted by atomic mass is 32.2. The smallest absolute Gasteiger partial charge is 0.327 e. The number of carbonyl (C=O) groups excluding carboxylic acids is 4. The average molecular weight is 561 g/mol. The zero-order valence-electron chi connectivity index (χ0n) is 22.4. The molecule has 0 radical (unpaired) electrons. The molecule has 2 aliphatic rings. The number of carboxylic acids is 1. The maximum Gasteiger partial charge on any atom is 0.327 e. The van der Waals surface area contributed by atoms with Gasteiger partial charge in [-0.1, -0.05) is 44.0 Å². The second-order valence-corrected chi connectivity index (χ2v) is 11.7. The Hall–Kier alpha value is -3.38. The van der Waals surface area contributed by atoms with Crippen molar-refractivity contribution < 1.29 is 33.3 Å². The van der Waals surface area contributed by atoms with Gasteiger partial charge < -0.3 is 26.8 Å². The van der Waals surface area contributed by atoms with Crippen molar-refractivity contribution >= 4 is 45.8 Å². The van der Waals surface area contributed by atoms with Crippen LogP contribution in [-0.2, 0) is 41.2 Å². The van der Waals surface area contributed by atoms with E-state index in [0.717, 1.165) is 16.7 Å². The number of amides is 3. The summed E-state index contributed by atoms with van der Waals surface area (Å²) in [6.45, 7) is 5.00. The van der Waals surface area contributed by atoms with Crippen molar-refractivity contribution in [1.82, 2.24) is 16.0 Å². The lowest BCUT2D eigenvalue weighted by Gasteiger charge is -2.24. The van der Waals surface area contributed by atoms with Gasteiger partial charge in [0.15, 0.2) is 0 Å². The van der Waals surface area contributed by atoms with E-state index >= 15 is 0 Å². The summed E-state index contributed by atoms with van der Waals surface area (Å²) < 4.78 is 13.5. The molecule has 1 unspecified atom stereocenters. The van der Waals surface area contributed by atoms with Crippen LogP contribution >= 0.6 is 0 Å². The molecule has 212 valence electrons. The van der Waals surface area contributed by atoms with E-state index in [1.54, 1.807) is 6.92 Å². The van der Waals surface area contributed by atoms with Crippen LogP contribution in [0.2, 0.25) is 0 Å². The van der Waals surface area contributed by atoms with E-state index in [-0.39, 0.29) is 31.0 Å². The summed E-state index contributed by atoms with van der Waals surface area (Å²) in [6, 6.07) is 2.30. The van der Waals surface area contributed by atoms with Crippen molar-refractivity contribution in [3.63, 3.8) is 0 Å². The van der Waals surface area contributed by atoms with E-state index in [9.17, 15) is 33.3 Å². The molecular formula is C27H36N4O7S. The zero-order chi connectivity index (χ0) is 28.9. The van der Waals surface area contributed by atoms with Crippen LogP contribution in [0.25, 0.3) is 5.57 Å². The molecule has 5 atom stereocenters. The Labute approximate surface area is 229 Å². The van der Waals surface area contributed by atoms with Crippen LogP contribution in [-0.4, -0.2) is 69.2 Å². The first-order valence-corrected chi connectivity index (χ1v) is 14.3. The fourth-order valence-electron chi connectivity index (χ4n) is 4.69.